The first kappa shape index (κ1) is 15.9. The van der Waals surface area contributed by atoms with E-state index in [9.17, 15) is 4.79 Å². The molecule has 1 atom stereocenters. The van der Waals surface area contributed by atoms with Gasteiger partial charge in [0, 0.05) is 45.6 Å². The molecule has 0 saturated carbocycles. The molecule has 5 heteroatoms. The second kappa shape index (κ2) is 8.89. The fraction of sp³-hybridized carbons (Fsp3) is 0.857. The van der Waals surface area contributed by atoms with Gasteiger partial charge in [0.1, 0.15) is 0 Å². The van der Waals surface area contributed by atoms with Crippen molar-refractivity contribution in [2.24, 2.45) is 11.7 Å². The molecule has 0 spiro atoms. The topological polar surface area (TPSA) is 73.4 Å². The van der Waals surface area contributed by atoms with Crippen molar-refractivity contribution in [1.82, 2.24) is 9.80 Å². The molecule has 0 bridgehead atoms. The Kier molecular flexibility index (Phi) is 7.46. The Hall–Kier alpha value is -1.12. The normalized spacial score (nSPS) is 18.1. The Labute approximate surface area is 116 Å². The van der Waals surface area contributed by atoms with Gasteiger partial charge in [-0.05, 0) is 25.3 Å². The minimum absolute atomic E-state index is 0.267. The molecule has 19 heavy (non-hydrogen) atoms. The molecule has 1 unspecified atom stereocenters. The van der Waals surface area contributed by atoms with E-state index in [4.69, 9.17) is 11.0 Å². The van der Waals surface area contributed by atoms with Gasteiger partial charge in [-0.1, -0.05) is 6.92 Å². The van der Waals surface area contributed by atoms with Crippen molar-refractivity contribution in [2.45, 2.75) is 32.6 Å². The van der Waals surface area contributed by atoms with Crippen molar-refractivity contribution in [3.63, 3.8) is 0 Å². The zero-order chi connectivity index (χ0) is 14.1. The Balaban J connectivity index is 2.20. The molecule has 1 amide bonds. The molecule has 1 saturated heterocycles. The summed E-state index contributed by atoms with van der Waals surface area (Å²) < 4.78 is 0. The molecular weight excluding hydrogens is 240 g/mol. The van der Waals surface area contributed by atoms with Crippen molar-refractivity contribution in [1.29, 1.82) is 5.26 Å². The molecular formula is C14H26N4O. The van der Waals surface area contributed by atoms with Crippen LogP contribution < -0.4 is 5.73 Å². The highest BCUT2D eigenvalue weighted by Crippen LogP contribution is 2.12. The summed E-state index contributed by atoms with van der Waals surface area (Å²) in [5, 5.41) is 8.55. The van der Waals surface area contributed by atoms with Gasteiger partial charge in [0.25, 0.3) is 0 Å². The highest BCUT2D eigenvalue weighted by atomic mass is 16.2. The molecule has 1 heterocycles. The van der Waals surface area contributed by atoms with Gasteiger partial charge in [-0.2, -0.15) is 5.26 Å². The quantitative estimate of drug-likeness (QED) is 0.740. The summed E-state index contributed by atoms with van der Waals surface area (Å²) >= 11 is 0. The van der Waals surface area contributed by atoms with Gasteiger partial charge in [-0.15, -0.1) is 0 Å². The van der Waals surface area contributed by atoms with Crippen molar-refractivity contribution in [3.05, 3.63) is 0 Å². The number of hydrogen-bond acceptors (Lipinski definition) is 4. The van der Waals surface area contributed by atoms with Gasteiger partial charge < -0.3 is 10.6 Å². The lowest BCUT2D eigenvalue weighted by Crippen LogP contribution is -2.48. The summed E-state index contributed by atoms with van der Waals surface area (Å²) in [6, 6.07) is 2.16. The Morgan fingerprint density at radius 2 is 2.00 bits per heavy atom. The smallest absolute Gasteiger partial charge is 0.222 e. The van der Waals surface area contributed by atoms with Gasteiger partial charge in [-0.25, -0.2) is 0 Å². The van der Waals surface area contributed by atoms with Gasteiger partial charge in [0.15, 0.2) is 0 Å². The Bertz CT molecular complexity index is 305. The largest absolute Gasteiger partial charge is 0.340 e. The average Bonchev–Trinajstić information content (AvgIpc) is 2.43. The predicted octanol–water partition coefficient (Wildman–Crippen LogP) is 0.809. The van der Waals surface area contributed by atoms with Crippen molar-refractivity contribution in [2.75, 3.05) is 39.3 Å². The zero-order valence-electron chi connectivity index (χ0n) is 12.0. The van der Waals surface area contributed by atoms with Crippen LogP contribution in [0, 0.1) is 17.2 Å². The average molecular weight is 266 g/mol. The third-order valence-electron chi connectivity index (χ3n) is 3.78. The molecule has 1 fully saturated rings. The molecule has 1 rings (SSSR count). The highest BCUT2D eigenvalue weighted by molar-refractivity contribution is 5.76. The van der Waals surface area contributed by atoms with Gasteiger partial charge in [0.2, 0.25) is 5.91 Å². The van der Waals surface area contributed by atoms with Crippen LogP contribution in [-0.4, -0.2) is 55.0 Å². The second-order valence-corrected chi connectivity index (χ2v) is 5.35. The molecule has 0 radical (unpaired) electrons. The van der Waals surface area contributed by atoms with Crippen LogP contribution >= 0.6 is 0 Å². The lowest BCUT2D eigenvalue weighted by atomic mass is 10.0. The van der Waals surface area contributed by atoms with Crippen LogP contribution in [-0.2, 0) is 4.79 Å². The fourth-order valence-corrected chi connectivity index (χ4v) is 2.39. The minimum Gasteiger partial charge on any atom is -0.340 e. The maximum atomic E-state index is 12.1. The van der Waals surface area contributed by atoms with Crippen LogP contribution in [0.2, 0.25) is 0 Å². The molecule has 0 aromatic carbocycles. The summed E-state index contributed by atoms with van der Waals surface area (Å²) in [6.07, 6.45) is 3.14. The van der Waals surface area contributed by atoms with Gasteiger partial charge in [0.05, 0.1) is 6.07 Å². The monoisotopic (exact) mass is 266 g/mol. The van der Waals surface area contributed by atoms with E-state index in [0.29, 0.717) is 25.3 Å². The number of rotatable bonds is 7. The molecule has 2 N–H and O–H groups in total. The van der Waals surface area contributed by atoms with Crippen molar-refractivity contribution >= 4 is 5.91 Å². The zero-order valence-corrected chi connectivity index (χ0v) is 12.0. The molecule has 0 aromatic heterocycles. The lowest BCUT2D eigenvalue weighted by molar-refractivity contribution is -0.133. The first-order valence-corrected chi connectivity index (χ1v) is 7.24. The first-order chi connectivity index (χ1) is 9.17. The van der Waals surface area contributed by atoms with Crippen molar-refractivity contribution < 1.29 is 4.79 Å². The van der Waals surface area contributed by atoms with Gasteiger partial charge >= 0.3 is 0 Å². The first-order valence-electron chi connectivity index (χ1n) is 7.24. The lowest BCUT2D eigenvalue weighted by Gasteiger charge is -2.34. The van der Waals surface area contributed by atoms with E-state index in [0.717, 1.165) is 45.6 Å². The Morgan fingerprint density at radius 1 is 1.32 bits per heavy atom. The van der Waals surface area contributed by atoms with Crippen LogP contribution in [0.15, 0.2) is 0 Å². The third-order valence-corrected chi connectivity index (χ3v) is 3.78. The van der Waals surface area contributed by atoms with Crippen LogP contribution in [0.3, 0.4) is 0 Å². The number of hydrogen-bond donors (Lipinski definition) is 1. The summed E-state index contributed by atoms with van der Waals surface area (Å²) in [4.78, 5) is 16.3. The van der Waals surface area contributed by atoms with Crippen LogP contribution in [0.4, 0.5) is 0 Å². The molecule has 0 aromatic rings. The summed E-state index contributed by atoms with van der Waals surface area (Å²) in [5.74, 6) is 0.801. The SMILES string of the molecule is CC(CCN)CCC(=O)N1CCN(CCC#N)CC1. The molecule has 1 aliphatic rings. The van der Waals surface area contributed by atoms with Crippen LogP contribution in [0.1, 0.15) is 32.6 Å². The number of nitrogens with zero attached hydrogens (tertiary/aromatic N) is 3. The molecule has 108 valence electrons. The number of nitriles is 1. The van der Waals surface area contributed by atoms with E-state index in [1.807, 2.05) is 4.90 Å². The van der Waals surface area contributed by atoms with Gasteiger partial charge in [-0.3, -0.25) is 9.69 Å². The number of carbonyl (C=O) groups excluding carboxylic acids is 1. The fourth-order valence-electron chi connectivity index (χ4n) is 2.39. The summed E-state index contributed by atoms with van der Waals surface area (Å²) in [6.45, 7) is 7.07. The summed E-state index contributed by atoms with van der Waals surface area (Å²) in [5.41, 5.74) is 5.51. The van der Waals surface area contributed by atoms with Crippen molar-refractivity contribution in [3.8, 4) is 6.07 Å². The maximum Gasteiger partial charge on any atom is 0.222 e. The van der Waals surface area contributed by atoms with E-state index < -0.39 is 0 Å². The van der Waals surface area contributed by atoms with Crippen LogP contribution in [0.25, 0.3) is 0 Å². The maximum absolute atomic E-state index is 12.1. The van der Waals surface area contributed by atoms with E-state index in [1.165, 1.54) is 0 Å². The van der Waals surface area contributed by atoms with E-state index >= 15 is 0 Å². The van der Waals surface area contributed by atoms with Crippen LogP contribution in [0.5, 0.6) is 0 Å². The summed E-state index contributed by atoms with van der Waals surface area (Å²) in [7, 11) is 0. The number of amides is 1. The number of piperazine rings is 1. The number of carbonyl (C=O) groups is 1. The standard InChI is InChI=1S/C14H26N4O/c1-13(5-7-16)3-4-14(19)18-11-9-17(10-12-18)8-2-6-15/h13H,2-5,7-12,16H2,1H3. The number of nitrogens with two attached hydrogens (primary N) is 1. The third kappa shape index (κ3) is 6.04. The van der Waals surface area contributed by atoms with E-state index in [1.54, 1.807) is 0 Å². The highest BCUT2D eigenvalue weighted by Gasteiger charge is 2.20. The van der Waals surface area contributed by atoms with E-state index in [-0.39, 0.29) is 5.91 Å². The van der Waals surface area contributed by atoms with E-state index in [2.05, 4.69) is 17.9 Å². The molecule has 1 aliphatic heterocycles. The predicted molar refractivity (Wildman–Crippen MR) is 75.3 cm³/mol. The molecule has 5 nitrogen and oxygen atoms in total. The Morgan fingerprint density at radius 3 is 2.58 bits per heavy atom. The minimum atomic E-state index is 0.267. The second-order valence-electron chi connectivity index (χ2n) is 5.35. The molecule has 0 aliphatic carbocycles.